The second kappa shape index (κ2) is 7.99. The molecule has 3 rings (SSSR count). The summed E-state index contributed by atoms with van der Waals surface area (Å²) in [6.45, 7) is 15.2. The first kappa shape index (κ1) is 20.5. The summed E-state index contributed by atoms with van der Waals surface area (Å²) >= 11 is 0. The van der Waals surface area contributed by atoms with Crippen molar-refractivity contribution in [2.75, 3.05) is 6.61 Å². The van der Waals surface area contributed by atoms with E-state index in [1.54, 1.807) is 6.08 Å². The predicted molar refractivity (Wildman–Crippen MR) is 116 cm³/mol. The van der Waals surface area contributed by atoms with Crippen LogP contribution in [0.2, 0.25) is 19.6 Å². The second-order valence-corrected chi connectivity index (χ2v) is 12.4. The van der Waals surface area contributed by atoms with Crippen LogP contribution in [-0.4, -0.2) is 29.9 Å². The van der Waals surface area contributed by atoms with Crippen molar-refractivity contribution in [2.45, 2.75) is 45.3 Å². The molecular formula is C22H29N3O2Si. The van der Waals surface area contributed by atoms with E-state index in [2.05, 4.69) is 67.7 Å². The van der Waals surface area contributed by atoms with E-state index < -0.39 is 20.1 Å². The summed E-state index contributed by atoms with van der Waals surface area (Å²) in [6.07, 6.45) is 1.39. The highest BCUT2D eigenvalue weighted by molar-refractivity contribution is 6.69. The molecule has 1 aromatic heterocycles. The number of aryl methyl sites for hydroxylation is 1. The third-order valence-corrected chi connectivity index (χ3v) is 5.52. The molecule has 2 unspecified atom stereocenters. The van der Waals surface area contributed by atoms with E-state index in [1.165, 1.54) is 5.56 Å². The van der Waals surface area contributed by atoms with Gasteiger partial charge in [0, 0.05) is 6.61 Å². The van der Waals surface area contributed by atoms with Crippen LogP contribution in [0, 0.1) is 6.92 Å². The summed E-state index contributed by atoms with van der Waals surface area (Å²) in [5, 5.41) is 8.80. The molecule has 148 valence electrons. The number of hydrogen-bond acceptors (Lipinski definition) is 4. The van der Waals surface area contributed by atoms with Gasteiger partial charge in [-0.2, -0.15) is 0 Å². The Hall–Kier alpha value is -2.28. The number of ether oxygens (including phenoxy) is 1. The number of para-hydroxylation sites is 1. The fraction of sp³-hybridized carbons (Fsp3) is 0.364. The Morgan fingerprint density at radius 2 is 1.82 bits per heavy atom. The predicted octanol–water partition coefficient (Wildman–Crippen LogP) is 5.21. The molecular weight excluding hydrogens is 366 g/mol. The average molecular weight is 396 g/mol. The third kappa shape index (κ3) is 3.94. The molecule has 0 aliphatic rings. The maximum Gasteiger partial charge on any atom is 0.211 e. The maximum atomic E-state index is 6.70. The van der Waals surface area contributed by atoms with Gasteiger partial charge in [-0.05, 0) is 57.3 Å². The van der Waals surface area contributed by atoms with Crippen molar-refractivity contribution in [2.24, 2.45) is 0 Å². The minimum absolute atomic E-state index is 0.401. The highest BCUT2D eigenvalue weighted by Crippen LogP contribution is 2.41. The zero-order valence-corrected chi connectivity index (χ0v) is 18.3. The van der Waals surface area contributed by atoms with E-state index in [1.807, 2.05) is 35.9 Å². The fourth-order valence-electron chi connectivity index (χ4n) is 3.34. The number of aromatic nitrogens is 3. The molecule has 0 aliphatic heterocycles. The summed E-state index contributed by atoms with van der Waals surface area (Å²) in [6, 6.07) is 16.2. The fourth-order valence-corrected chi connectivity index (χ4v) is 4.36. The molecule has 0 amide bonds. The van der Waals surface area contributed by atoms with E-state index in [-0.39, 0.29) is 0 Å². The van der Waals surface area contributed by atoms with E-state index in [9.17, 15) is 0 Å². The molecule has 0 fully saturated rings. The Morgan fingerprint density at radius 1 is 1.14 bits per heavy atom. The molecule has 0 spiro atoms. The van der Waals surface area contributed by atoms with Gasteiger partial charge in [-0.15, -0.1) is 5.10 Å². The Kier molecular flexibility index (Phi) is 5.84. The Morgan fingerprint density at radius 3 is 2.43 bits per heavy atom. The van der Waals surface area contributed by atoms with Crippen LogP contribution in [0.25, 0.3) is 11.0 Å². The quantitative estimate of drug-likeness (QED) is 0.388. The molecule has 0 bridgehead atoms. The van der Waals surface area contributed by atoms with E-state index in [4.69, 9.17) is 9.16 Å². The second-order valence-electron chi connectivity index (χ2n) is 7.90. The van der Waals surface area contributed by atoms with Crippen molar-refractivity contribution in [1.82, 2.24) is 15.0 Å². The molecule has 6 heteroatoms. The first-order valence-electron chi connectivity index (χ1n) is 9.63. The summed E-state index contributed by atoms with van der Waals surface area (Å²) < 4.78 is 14.9. The Bertz CT molecular complexity index is 946. The topological polar surface area (TPSA) is 49.2 Å². The van der Waals surface area contributed by atoms with Crippen LogP contribution in [0.3, 0.4) is 0 Å². The zero-order valence-electron chi connectivity index (χ0n) is 17.3. The molecule has 0 saturated carbocycles. The summed E-state index contributed by atoms with van der Waals surface area (Å²) in [7, 11) is -1.94. The van der Waals surface area contributed by atoms with Gasteiger partial charge in [0.05, 0.1) is 5.52 Å². The zero-order chi connectivity index (χ0) is 20.4. The molecule has 0 aliphatic carbocycles. The average Bonchev–Trinajstić information content (AvgIpc) is 3.09. The number of rotatable bonds is 8. The van der Waals surface area contributed by atoms with Crippen LogP contribution < -0.4 is 0 Å². The van der Waals surface area contributed by atoms with Gasteiger partial charge in [-0.1, -0.05) is 53.8 Å². The van der Waals surface area contributed by atoms with Gasteiger partial charge in [0.25, 0.3) is 0 Å². The summed E-state index contributed by atoms with van der Waals surface area (Å²) in [5.41, 5.74) is 2.90. The van der Waals surface area contributed by atoms with Gasteiger partial charge in [0.1, 0.15) is 11.6 Å². The van der Waals surface area contributed by atoms with Gasteiger partial charge >= 0.3 is 0 Å². The SMILES string of the molecule is C=CC(OCC)(C(O[Si](C)(C)C)c1ccc(C)cc1)n1nnc2ccccc21. The largest absolute Gasteiger partial charge is 0.405 e. The number of hydrogen-bond donors (Lipinski definition) is 0. The monoisotopic (exact) mass is 395 g/mol. The molecule has 0 radical (unpaired) electrons. The lowest BCUT2D eigenvalue weighted by molar-refractivity contribution is -0.142. The normalized spacial score (nSPS) is 15.3. The minimum atomic E-state index is -1.94. The minimum Gasteiger partial charge on any atom is -0.405 e. The van der Waals surface area contributed by atoms with Gasteiger partial charge in [0.2, 0.25) is 5.72 Å². The molecule has 3 aromatic rings. The highest BCUT2D eigenvalue weighted by atomic mass is 28.4. The van der Waals surface area contributed by atoms with E-state index in [0.29, 0.717) is 6.61 Å². The van der Waals surface area contributed by atoms with Gasteiger partial charge in [-0.3, -0.25) is 0 Å². The van der Waals surface area contributed by atoms with Crippen molar-refractivity contribution in [3.8, 4) is 0 Å². The van der Waals surface area contributed by atoms with E-state index in [0.717, 1.165) is 16.6 Å². The van der Waals surface area contributed by atoms with Crippen molar-refractivity contribution in [1.29, 1.82) is 0 Å². The summed E-state index contributed by atoms with van der Waals surface area (Å²) in [5.74, 6) is 0. The number of benzene rings is 2. The standard InChI is InChI=1S/C22H29N3O2Si/c1-7-22(26-8-2,25-20-12-10-9-11-19(20)23-24-25)21(27-28(4,5)6)18-15-13-17(3)14-16-18/h7,9-16,21H,1,8H2,2-6H3. The van der Waals surface area contributed by atoms with Crippen LogP contribution in [0.4, 0.5) is 0 Å². The van der Waals surface area contributed by atoms with Crippen LogP contribution >= 0.6 is 0 Å². The lowest BCUT2D eigenvalue weighted by Gasteiger charge is -2.41. The lowest BCUT2D eigenvalue weighted by atomic mass is 9.97. The maximum absolute atomic E-state index is 6.70. The highest BCUT2D eigenvalue weighted by Gasteiger charge is 2.45. The molecule has 5 nitrogen and oxygen atoms in total. The molecule has 2 aromatic carbocycles. The van der Waals surface area contributed by atoms with Gasteiger partial charge in [-0.25, -0.2) is 4.68 Å². The first-order chi connectivity index (χ1) is 13.3. The Labute approximate surface area is 168 Å². The number of fused-ring (bicyclic) bond motifs is 1. The van der Waals surface area contributed by atoms with Gasteiger partial charge < -0.3 is 9.16 Å². The van der Waals surface area contributed by atoms with Crippen molar-refractivity contribution >= 4 is 19.4 Å². The van der Waals surface area contributed by atoms with E-state index >= 15 is 0 Å². The van der Waals surface area contributed by atoms with Crippen LogP contribution in [0.15, 0.2) is 61.2 Å². The third-order valence-electron chi connectivity index (χ3n) is 4.58. The van der Waals surface area contributed by atoms with Crippen molar-refractivity contribution < 1.29 is 9.16 Å². The van der Waals surface area contributed by atoms with Gasteiger partial charge in [0.15, 0.2) is 8.32 Å². The molecule has 0 N–H and O–H groups in total. The molecule has 0 saturated heterocycles. The van der Waals surface area contributed by atoms with Crippen LogP contribution in [0.5, 0.6) is 0 Å². The molecule has 1 heterocycles. The molecule has 2 atom stereocenters. The molecule has 28 heavy (non-hydrogen) atoms. The van der Waals surface area contributed by atoms with Crippen molar-refractivity contribution in [3.05, 3.63) is 72.3 Å². The number of nitrogens with zero attached hydrogens (tertiary/aromatic N) is 3. The summed E-state index contributed by atoms with van der Waals surface area (Å²) in [4.78, 5) is 0. The lowest BCUT2D eigenvalue weighted by Crippen LogP contribution is -2.46. The van der Waals surface area contributed by atoms with Crippen LogP contribution in [0.1, 0.15) is 24.2 Å². The smallest absolute Gasteiger partial charge is 0.211 e. The van der Waals surface area contributed by atoms with Crippen molar-refractivity contribution in [3.63, 3.8) is 0 Å². The first-order valence-corrected chi connectivity index (χ1v) is 13.0. The Balaban J connectivity index is 2.25. The van der Waals surface area contributed by atoms with Crippen LogP contribution in [-0.2, 0) is 14.9 Å².